The second kappa shape index (κ2) is 9.76. The Labute approximate surface area is 157 Å². The van der Waals surface area contributed by atoms with Crippen LogP contribution in [0.2, 0.25) is 5.02 Å². The molecule has 0 aliphatic rings. The lowest BCUT2D eigenvalue weighted by Crippen LogP contribution is -2.56. The summed E-state index contributed by atoms with van der Waals surface area (Å²) in [5.74, 6) is -3.34. The Bertz CT molecular complexity index is 691. The fourth-order valence-electron chi connectivity index (χ4n) is 1.98. The van der Waals surface area contributed by atoms with Crippen LogP contribution in [0.5, 0.6) is 0 Å². The van der Waals surface area contributed by atoms with Gasteiger partial charge in [-0.25, -0.2) is 0 Å². The number of rotatable bonds is 5. The summed E-state index contributed by atoms with van der Waals surface area (Å²) in [5.41, 5.74) is 4.39. The van der Waals surface area contributed by atoms with Gasteiger partial charge in [0.2, 0.25) is 0 Å². The van der Waals surface area contributed by atoms with E-state index >= 15 is 0 Å². The van der Waals surface area contributed by atoms with Gasteiger partial charge in [0.25, 0.3) is 11.8 Å². The molecule has 1 rings (SSSR count). The SMILES string of the molecule is CC(C)NC(=O)C(=O)NNC(=O)[C@@H](NC(=O)c1ccccc1Cl)C(C)C. The molecule has 1 atom stereocenters. The van der Waals surface area contributed by atoms with Crippen molar-refractivity contribution in [2.24, 2.45) is 5.92 Å². The highest BCUT2D eigenvalue weighted by atomic mass is 35.5. The van der Waals surface area contributed by atoms with Crippen molar-refractivity contribution in [3.8, 4) is 0 Å². The molecule has 9 heteroatoms. The van der Waals surface area contributed by atoms with Crippen molar-refractivity contribution in [3.63, 3.8) is 0 Å². The fraction of sp³-hybridized carbons (Fsp3) is 0.412. The van der Waals surface area contributed by atoms with Gasteiger partial charge in [0.05, 0.1) is 10.6 Å². The third-order valence-electron chi connectivity index (χ3n) is 3.28. The zero-order chi connectivity index (χ0) is 19.9. The van der Waals surface area contributed by atoms with Gasteiger partial charge in [-0.1, -0.05) is 37.6 Å². The Morgan fingerprint density at radius 2 is 1.50 bits per heavy atom. The van der Waals surface area contributed by atoms with Crippen molar-refractivity contribution in [1.82, 2.24) is 21.5 Å². The lowest BCUT2D eigenvalue weighted by Gasteiger charge is -2.22. The fourth-order valence-corrected chi connectivity index (χ4v) is 2.20. The zero-order valence-corrected chi connectivity index (χ0v) is 15.8. The van der Waals surface area contributed by atoms with Crippen LogP contribution in [0.1, 0.15) is 38.1 Å². The Balaban J connectivity index is 2.70. The smallest absolute Gasteiger partial charge is 0.327 e. The van der Waals surface area contributed by atoms with Crippen molar-refractivity contribution < 1.29 is 19.2 Å². The monoisotopic (exact) mass is 382 g/mol. The minimum absolute atomic E-state index is 0.220. The maximum Gasteiger partial charge on any atom is 0.327 e. The first-order valence-corrected chi connectivity index (χ1v) is 8.47. The maximum absolute atomic E-state index is 12.3. The van der Waals surface area contributed by atoms with Crippen molar-refractivity contribution in [2.45, 2.75) is 39.8 Å². The predicted octanol–water partition coefficient (Wildman–Crippen LogP) is 0.766. The third kappa shape index (κ3) is 6.36. The summed E-state index contributed by atoms with van der Waals surface area (Å²) >= 11 is 5.98. The van der Waals surface area contributed by atoms with Crippen LogP contribution in [-0.4, -0.2) is 35.7 Å². The van der Waals surface area contributed by atoms with Crippen LogP contribution in [0.25, 0.3) is 0 Å². The second-order valence-corrected chi connectivity index (χ2v) is 6.65. The number of carbonyl (C=O) groups is 4. The summed E-state index contributed by atoms with van der Waals surface area (Å²) in [6.07, 6.45) is 0. The van der Waals surface area contributed by atoms with Crippen LogP contribution in [0.15, 0.2) is 24.3 Å². The van der Waals surface area contributed by atoms with Gasteiger partial charge in [0.1, 0.15) is 6.04 Å². The van der Waals surface area contributed by atoms with E-state index in [4.69, 9.17) is 11.6 Å². The number of amides is 4. The summed E-state index contributed by atoms with van der Waals surface area (Å²) in [4.78, 5) is 47.7. The Morgan fingerprint density at radius 1 is 0.885 bits per heavy atom. The van der Waals surface area contributed by atoms with Crippen LogP contribution in [-0.2, 0) is 14.4 Å². The molecular weight excluding hydrogens is 360 g/mol. The van der Waals surface area contributed by atoms with E-state index in [9.17, 15) is 19.2 Å². The van der Waals surface area contributed by atoms with Crippen LogP contribution in [0.3, 0.4) is 0 Å². The molecule has 142 valence electrons. The van der Waals surface area contributed by atoms with Crippen molar-refractivity contribution >= 4 is 35.2 Å². The lowest BCUT2D eigenvalue weighted by atomic mass is 10.0. The van der Waals surface area contributed by atoms with E-state index in [2.05, 4.69) is 16.1 Å². The normalized spacial score (nSPS) is 11.7. The molecule has 26 heavy (non-hydrogen) atoms. The molecule has 0 unspecified atom stereocenters. The van der Waals surface area contributed by atoms with Crippen molar-refractivity contribution in [2.75, 3.05) is 0 Å². The first kappa shape index (κ1) is 21.4. The molecular formula is C17H23ClN4O4. The molecule has 0 aromatic heterocycles. The Hall–Kier alpha value is -2.61. The van der Waals surface area contributed by atoms with E-state index in [-0.39, 0.29) is 22.5 Å². The number of hydrazine groups is 1. The largest absolute Gasteiger partial charge is 0.346 e. The molecule has 0 saturated carbocycles. The van der Waals surface area contributed by atoms with Crippen molar-refractivity contribution in [1.29, 1.82) is 0 Å². The Morgan fingerprint density at radius 3 is 2.04 bits per heavy atom. The Kier molecular flexibility index (Phi) is 8.05. The van der Waals surface area contributed by atoms with E-state index in [1.807, 2.05) is 5.43 Å². The number of hydrogen-bond acceptors (Lipinski definition) is 4. The maximum atomic E-state index is 12.3. The molecule has 0 radical (unpaired) electrons. The lowest BCUT2D eigenvalue weighted by molar-refractivity contribution is -0.141. The van der Waals surface area contributed by atoms with E-state index in [0.29, 0.717) is 0 Å². The zero-order valence-electron chi connectivity index (χ0n) is 15.1. The number of hydrogen-bond donors (Lipinski definition) is 4. The summed E-state index contributed by atoms with van der Waals surface area (Å²) in [7, 11) is 0. The highest BCUT2D eigenvalue weighted by Crippen LogP contribution is 2.15. The topological polar surface area (TPSA) is 116 Å². The van der Waals surface area contributed by atoms with E-state index in [1.165, 1.54) is 6.07 Å². The number of nitrogens with one attached hydrogen (secondary N) is 4. The number of halogens is 1. The summed E-state index contributed by atoms with van der Waals surface area (Å²) in [6, 6.07) is 5.27. The molecule has 1 aromatic rings. The van der Waals surface area contributed by atoms with Gasteiger partial charge in [-0.05, 0) is 31.9 Å². The van der Waals surface area contributed by atoms with Gasteiger partial charge in [0.15, 0.2) is 0 Å². The molecule has 0 fully saturated rings. The van der Waals surface area contributed by atoms with Gasteiger partial charge in [-0.3, -0.25) is 30.0 Å². The highest BCUT2D eigenvalue weighted by Gasteiger charge is 2.26. The standard InChI is InChI=1S/C17H23ClN4O4/c1-9(2)13(20-14(23)11-7-5-6-8-12(11)18)15(24)21-22-17(26)16(25)19-10(3)4/h5-10,13H,1-4H3,(H,19,25)(H,20,23)(H,21,24)(H,22,26)/t13-/m0/s1. The van der Waals surface area contributed by atoms with Gasteiger partial charge in [-0.2, -0.15) is 0 Å². The molecule has 1 aromatic carbocycles. The molecule has 0 saturated heterocycles. The molecule has 0 spiro atoms. The molecule has 0 heterocycles. The summed E-state index contributed by atoms with van der Waals surface area (Å²) in [6.45, 7) is 6.85. The van der Waals surface area contributed by atoms with Crippen LogP contribution >= 0.6 is 11.6 Å². The average Bonchev–Trinajstić information content (AvgIpc) is 2.56. The minimum atomic E-state index is -1.01. The van der Waals surface area contributed by atoms with Crippen LogP contribution in [0, 0.1) is 5.92 Å². The molecule has 4 N–H and O–H groups in total. The van der Waals surface area contributed by atoms with Gasteiger partial charge < -0.3 is 10.6 Å². The van der Waals surface area contributed by atoms with Gasteiger partial charge in [0, 0.05) is 6.04 Å². The van der Waals surface area contributed by atoms with Crippen LogP contribution in [0.4, 0.5) is 0 Å². The molecule has 0 bridgehead atoms. The molecule has 4 amide bonds. The van der Waals surface area contributed by atoms with Crippen molar-refractivity contribution in [3.05, 3.63) is 34.9 Å². The molecule has 0 aliphatic heterocycles. The highest BCUT2D eigenvalue weighted by molar-refractivity contribution is 6.35. The first-order chi connectivity index (χ1) is 12.1. The van der Waals surface area contributed by atoms with E-state index < -0.39 is 29.7 Å². The molecule has 0 aliphatic carbocycles. The summed E-state index contributed by atoms with van der Waals surface area (Å²) in [5, 5.41) is 5.22. The number of benzene rings is 1. The minimum Gasteiger partial charge on any atom is -0.346 e. The third-order valence-corrected chi connectivity index (χ3v) is 3.61. The second-order valence-electron chi connectivity index (χ2n) is 6.25. The predicted molar refractivity (Wildman–Crippen MR) is 97.1 cm³/mol. The number of carbonyl (C=O) groups excluding carboxylic acids is 4. The molecule has 8 nitrogen and oxygen atoms in total. The van der Waals surface area contributed by atoms with Crippen LogP contribution < -0.4 is 21.5 Å². The van der Waals surface area contributed by atoms with Gasteiger partial charge >= 0.3 is 11.8 Å². The first-order valence-electron chi connectivity index (χ1n) is 8.09. The quantitative estimate of drug-likeness (QED) is 0.444. The summed E-state index contributed by atoms with van der Waals surface area (Å²) < 4.78 is 0. The van der Waals surface area contributed by atoms with Gasteiger partial charge in [-0.15, -0.1) is 0 Å². The average molecular weight is 383 g/mol. The van der Waals surface area contributed by atoms with E-state index in [0.717, 1.165) is 0 Å². The van der Waals surface area contributed by atoms with E-state index in [1.54, 1.807) is 45.9 Å².